The first-order valence-corrected chi connectivity index (χ1v) is 5.69. The zero-order valence-corrected chi connectivity index (χ0v) is 9.79. The average molecular weight is 267 g/mol. The highest BCUT2D eigenvalue weighted by Crippen LogP contribution is 2.31. The third-order valence-electron chi connectivity index (χ3n) is 3.18. The number of hydrogen-bond donors (Lipinski definition) is 4. The van der Waals surface area contributed by atoms with Gasteiger partial charge in [-0.15, -0.1) is 0 Å². The highest BCUT2D eigenvalue weighted by Gasteiger charge is 2.43. The molecule has 0 aromatic carbocycles. The van der Waals surface area contributed by atoms with Crippen LogP contribution in [0.3, 0.4) is 0 Å². The highest BCUT2D eigenvalue weighted by molar-refractivity contribution is 5.81. The monoisotopic (exact) mass is 267 g/mol. The van der Waals surface area contributed by atoms with Gasteiger partial charge in [-0.05, 0) is 0 Å². The van der Waals surface area contributed by atoms with Crippen molar-refractivity contribution in [2.75, 3.05) is 12.3 Å². The number of fused-ring (bicyclic) bond motifs is 1. The second kappa shape index (κ2) is 4.38. The molecule has 0 spiro atoms. The van der Waals surface area contributed by atoms with Crippen molar-refractivity contribution >= 4 is 17.0 Å². The fourth-order valence-corrected chi connectivity index (χ4v) is 2.17. The van der Waals surface area contributed by atoms with E-state index in [4.69, 9.17) is 15.6 Å². The number of ether oxygens (including phenoxy) is 1. The van der Waals surface area contributed by atoms with Gasteiger partial charge in [0.15, 0.2) is 17.7 Å². The lowest BCUT2D eigenvalue weighted by Gasteiger charge is -2.16. The largest absolute Gasteiger partial charge is 0.394 e. The van der Waals surface area contributed by atoms with Crippen LogP contribution in [0.2, 0.25) is 0 Å². The summed E-state index contributed by atoms with van der Waals surface area (Å²) in [5.74, 6) is 0.218. The fourth-order valence-electron chi connectivity index (χ4n) is 2.17. The number of rotatable bonds is 2. The molecule has 1 aliphatic rings. The van der Waals surface area contributed by atoms with Crippen LogP contribution in [0.5, 0.6) is 0 Å². The summed E-state index contributed by atoms with van der Waals surface area (Å²) in [6, 6.07) is 0. The lowest BCUT2D eigenvalue weighted by atomic mass is 10.1. The highest BCUT2D eigenvalue weighted by atomic mass is 16.6. The zero-order valence-electron chi connectivity index (χ0n) is 9.79. The van der Waals surface area contributed by atoms with E-state index in [2.05, 4.69) is 15.0 Å². The number of anilines is 1. The summed E-state index contributed by atoms with van der Waals surface area (Å²) in [7, 11) is 0. The SMILES string of the molecule is Nc1ncnc2c1ncn2[C@H]1OC(CO)[C@@H](O)[C@H]1O. The van der Waals surface area contributed by atoms with Crippen molar-refractivity contribution in [3.63, 3.8) is 0 Å². The molecule has 19 heavy (non-hydrogen) atoms. The lowest BCUT2D eigenvalue weighted by molar-refractivity contribution is -0.0511. The van der Waals surface area contributed by atoms with Crippen LogP contribution >= 0.6 is 0 Å². The van der Waals surface area contributed by atoms with Gasteiger partial charge in [-0.1, -0.05) is 0 Å². The first-order valence-electron chi connectivity index (χ1n) is 5.69. The van der Waals surface area contributed by atoms with Crippen molar-refractivity contribution in [1.29, 1.82) is 0 Å². The van der Waals surface area contributed by atoms with Gasteiger partial charge in [0.2, 0.25) is 0 Å². The van der Waals surface area contributed by atoms with E-state index in [1.807, 2.05) is 0 Å². The second-order valence-electron chi connectivity index (χ2n) is 4.31. The van der Waals surface area contributed by atoms with Gasteiger partial charge in [0, 0.05) is 0 Å². The van der Waals surface area contributed by atoms with Gasteiger partial charge in [0.25, 0.3) is 0 Å². The van der Waals surface area contributed by atoms with Crippen LogP contribution in [0.1, 0.15) is 6.23 Å². The number of nitrogen functional groups attached to an aromatic ring is 1. The Kier molecular flexibility index (Phi) is 2.82. The Balaban J connectivity index is 2.04. The first-order chi connectivity index (χ1) is 9.13. The van der Waals surface area contributed by atoms with Crippen molar-refractivity contribution in [1.82, 2.24) is 19.5 Å². The van der Waals surface area contributed by atoms with Crippen LogP contribution in [-0.4, -0.2) is 59.8 Å². The third-order valence-corrected chi connectivity index (χ3v) is 3.18. The minimum Gasteiger partial charge on any atom is -0.394 e. The molecule has 1 fully saturated rings. The molecule has 4 atom stereocenters. The molecule has 9 heteroatoms. The molecule has 1 unspecified atom stereocenters. The van der Waals surface area contributed by atoms with Crippen molar-refractivity contribution in [2.45, 2.75) is 24.5 Å². The van der Waals surface area contributed by atoms with E-state index in [1.54, 1.807) is 0 Å². The van der Waals surface area contributed by atoms with E-state index in [9.17, 15) is 10.2 Å². The maximum atomic E-state index is 9.95. The molecule has 0 saturated carbocycles. The summed E-state index contributed by atoms with van der Waals surface area (Å²) in [5.41, 5.74) is 6.44. The molecule has 5 N–H and O–H groups in total. The molecule has 1 saturated heterocycles. The number of imidazole rings is 1. The Morgan fingerprint density at radius 2 is 2.05 bits per heavy atom. The molecule has 0 radical (unpaired) electrons. The quantitative estimate of drug-likeness (QED) is 0.491. The Morgan fingerprint density at radius 1 is 1.26 bits per heavy atom. The van der Waals surface area contributed by atoms with Crippen LogP contribution in [0.25, 0.3) is 11.2 Å². The van der Waals surface area contributed by atoms with E-state index in [0.29, 0.717) is 11.2 Å². The molecule has 0 amide bonds. The predicted octanol–water partition coefficient (Wildman–Crippen LogP) is -1.98. The zero-order chi connectivity index (χ0) is 13.6. The van der Waals surface area contributed by atoms with E-state index in [0.717, 1.165) is 0 Å². The number of hydrogen-bond acceptors (Lipinski definition) is 8. The van der Waals surface area contributed by atoms with E-state index < -0.39 is 31.1 Å². The Morgan fingerprint density at radius 3 is 2.74 bits per heavy atom. The lowest BCUT2D eigenvalue weighted by Crippen LogP contribution is -2.33. The summed E-state index contributed by atoms with van der Waals surface area (Å²) in [6.07, 6.45) is -1.42. The minimum absolute atomic E-state index is 0.218. The smallest absolute Gasteiger partial charge is 0.167 e. The summed E-state index contributed by atoms with van der Waals surface area (Å²) in [5, 5.41) is 28.7. The average Bonchev–Trinajstić information content (AvgIpc) is 2.94. The number of aliphatic hydroxyl groups is 3. The number of aliphatic hydroxyl groups excluding tert-OH is 3. The van der Waals surface area contributed by atoms with Crippen molar-refractivity contribution < 1.29 is 20.1 Å². The molecule has 9 nitrogen and oxygen atoms in total. The molecule has 3 rings (SSSR count). The van der Waals surface area contributed by atoms with Crippen LogP contribution < -0.4 is 5.73 Å². The van der Waals surface area contributed by atoms with Gasteiger partial charge >= 0.3 is 0 Å². The maximum Gasteiger partial charge on any atom is 0.167 e. The van der Waals surface area contributed by atoms with Gasteiger partial charge in [-0.3, -0.25) is 4.57 Å². The minimum atomic E-state index is -1.19. The fraction of sp³-hybridized carbons (Fsp3) is 0.500. The van der Waals surface area contributed by atoms with Gasteiger partial charge in [0.1, 0.15) is 30.2 Å². The number of nitrogens with two attached hydrogens (primary N) is 1. The topological polar surface area (TPSA) is 140 Å². The van der Waals surface area contributed by atoms with E-state index in [1.165, 1.54) is 17.2 Å². The summed E-state index contributed by atoms with van der Waals surface area (Å²) in [4.78, 5) is 11.9. The van der Waals surface area contributed by atoms with Gasteiger partial charge in [-0.2, -0.15) is 0 Å². The summed E-state index contributed by atoms with van der Waals surface area (Å²) < 4.78 is 6.85. The van der Waals surface area contributed by atoms with E-state index >= 15 is 0 Å². The summed E-state index contributed by atoms with van der Waals surface area (Å²) >= 11 is 0. The van der Waals surface area contributed by atoms with Crippen LogP contribution in [0.4, 0.5) is 5.82 Å². The molecule has 102 valence electrons. The van der Waals surface area contributed by atoms with Gasteiger partial charge in [-0.25, -0.2) is 15.0 Å². The molecule has 0 bridgehead atoms. The molecular weight excluding hydrogens is 254 g/mol. The summed E-state index contributed by atoms with van der Waals surface area (Å²) in [6.45, 7) is -0.390. The van der Waals surface area contributed by atoms with Crippen molar-refractivity contribution in [2.24, 2.45) is 0 Å². The molecule has 2 aromatic rings. The van der Waals surface area contributed by atoms with Crippen molar-refractivity contribution in [3.05, 3.63) is 12.7 Å². The Bertz CT molecular complexity index is 603. The molecular formula is C10H13N5O4. The second-order valence-corrected chi connectivity index (χ2v) is 4.31. The first kappa shape index (κ1) is 12.2. The molecule has 0 aliphatic carbocycles. The predicted molar refractivity (Wildman–Crippen MR) is 62.7 cm³/mol. The van der Waals surface area contributed by atoms with Gasteiger partial charge in [0.05, 0.1) is 12.9 Å². The normalized spacial score (nSPS) is 31.1. The molecule has 1 aliphatic heterocycles. The molecule has 3 heterocycles. The van der Waals surface area contributed by atoms with Crippen LogP contribution in [0.15, 0.2) is 12.7 Å². The number of aromatic nitrogens is 4. The number of nitrogens with zero attached hydrogens (tertiary/aromatic N) is 4. The van der Waals surface area contributed by atoms with Crippen molar-refractivity contribution in [3.8, 4) is 0 Å². The van der Waals surface area contributed by atoms with Gasteiger partial charge < -0.3 is 25.8 Å². The third kappa shape index (κ3) is 1.75. The Hall–Kier alpha value is -1.81. The maximum absolute atomic E-state index is 9.95. The standard InChI is InChI=1S/C10H13N5O4/c11-8-5-9(13-2-12-8)15(3-14-5)10-7(18)6(17)4(1-16)19-10/h2-4,6-7,10,16-18H,1H2,(H2,11,12,13)/t4?,6-,7-,10+/m1/s1. The van der Waals surface area contributed by atoms with Crippen LogP contribution in [-0.2, 0) is 4.74 Å². The Labute approximate surface area is 107 Å². The van der Waals surface area contributed by atoms with E-state index in [-0.39, 0.29) is 5.82 Å². The molecule has 2 aromatic heterocycles. The van der Waals surface area contributed by atoms with Crippen LogP contribution in [0, 0.1) is 0 Å².